The van der Waals surface area contributed by atoms with Crippen LogP contribution in [0.1, 0.15) is 37.0 Å². The van der Waals surface area contributed by atoms with Crippen molar-refractivity contribution in [1.82, 2.24) is 0 Å². The molecule has 0 spiro atoms. The molecule has 4 heteroatoms. The SMILES string of the molecule is CCC(CC)C(=O)c1cc(OC)c(OC)cc1OC. The Bertz CT molecular complexity index is 436. The van der Waals surface area contributed by atoms with Crippen molar-refractivity contribution >= 4 is 5.78 Å². The molecule has 1 aromatic rings. The predicted octanol–water partition coefficient (Wildman–Crippen LogP) is 3.33. The van der Waals surface area contributed by atoms with Gasteiger partial charge < -0.3 is 14.2 Å². The number of ketones is 1. The van der Waals surface area contributed by atoms with Crippen molar-refractivity contribution in [3.63, 3.8) is 0 Å². The molecule has 0 unspecified atom stereocenters. The highest BCUT2D eigenvalue weighted by Gasteiger charge is 2.22. The summed E-state index contributed by atoms with van der Waals surface area (Å²) < 4.78 is 15.7. The number of methoxy groups -OCH3 is 3. The highest BCUT2D eigenvalue weighted by atomic mass is 16.5. The van der Waals surface area contributed by atoms with Crippen LogP contribution in [-0.4, -0.2) is 27.1 Å². The summed E-state index contributed by atoms with van der Waals surface area (Å²) in [6.45, 7) is 4.03. The molecular formula is C15H22O4. The van der Waals surface area contributed by atoms with Crippen molar-refractivity contribution in [2.75, 3.05) is 21.3 Å². The van der Waals surface area contributed by atoms with Crippen LogP contribution in [0.4, 0.5) is 0 Å². The molecule has 1 rings (SSSR count). The summed E-state index contributed by atoms with van der Waals surface area (Å²) in [6.07, 6.45) is 1.62. The quantitative estimate of drug-likeness (QED) is 0.710. The molecule has 0 atom stereocenters. The average molecular weight is 266 g/mol. The molecule has 1 aromatic carbocycles. The zero-order valence-electron chi connectivity index (χ0n) is 12.3. The first-order valence-corrected chi connectivity index (χ1v) is 6.47. The molecule has 0 aliphatic heterocycles. The summed E-state index contributed by atoms with van der Waals surface area (Å²) in [6, 6.07) is 3.38. The van der Waals surface area contributed by atoms with Crippen molar-refractivity contribution in [3.05, 3.63) is 17.7 Å². The fourth-order valence-electron chi connectivity index (χ4n) is 2.10. The number of Topliss-reactive ketones (excluding diaryl/α,β-unsaturated/α-hetero) is 1. The minimum Gasteiger partial charge on any atom is -0.496 e. The molecule has 0 bridgehead atoms. The average Bonchev–Trinajstić information content (AvgIpc) is 2.46. The Balaban J connectivity index is 3.29. The molecule has 0 N–H and O–H groups in total. The van der Waals surface area contributed by atoms with Crippen LogP contribution < -0.4 is 14.2 Å². The molecule has 0 radical (unpaired) electrons. The number of carbonyl (C=O) groups excluding carboxylic acids is 1. The third-order valence-corrected chi connectivity index (χ3v) is 3.33. The van der Waals surface area contributed by atoms with E-state index in [1.165, 1.54) is 0 Å². The van der Waals surface area contributed by atoms with E-state index in [9.17, 15) is 4.79 Å². The summed E-state index contributed by atoms with van der Waals surface area (Å²) in [5, 5.41) is 0. The van der Waals surface area contributed by atoms with Crippen LogP contribution in [0, 0.1) is 5.92 Å². The van der Waals surface area contributed by atoms with Gasteiger partial charge in [0.15, 0.2) is 17.3 Å². The molecule has 0 heterocycles. The Morgan fingerprint density at radius 3 is 1.84 bits per heavy atom. The van der Waals surface area contributed by atoms with Crippen molar-refractivity contribution in [3.8, 4) is 17.2 Å². The minimum absolute atomic E-state index is 0.00648. The van der Waals surface area contributed by atoms with Crippen molar-refractivity contribution < 1.29 is 19.0 Å². The Morgan fingerprint density at radius 2 is 1.42 bits per heavy atom. The molecule has 19 heavy (non-hydrogen) atoms. The summed E-state index contributed by atoms with van der Waals surface area (Å²) >= 11 is 0. The maximum atomic E-state index is 12.5. The van der Waals surface area contributed by atoms with Gasteiger partial charge in [-0.15, -0.1) is 0 Å². The Hall–Kier alpha value is -1.71. The van der Waals surface area contributed by atoms with E-state index in [0.29, 0.717) is 22.8 Å². The van der Waals surface area contributed by atoms with Crippen LogP contribution in [0.5, 0.6) is 17.2 Å². The van der Waals surface area contributed by atoms with E-state index in [-0.39, 0.29) is 11.7 Å². The first-order chi connectivity index (χ1) is 9.12. The summed E-state index contributed by atoms with van der Waals surface area (Å²) in [5.41, 5.74) is 0.550. The minimum atomic E-state index is 0.00648. The maximum Gasteiger partial charge on any atom is 0.169 e. The van der Waals surface area contributed by atoms with Gasteiger partial charge in [-0.05, 0) is 18.9 Å². The van der Waals surface area contributed by atoms with Crippen molar-refractivity contribution in [1.29, 1.82) is 0 Å². The fraction of sp³-hybridized carbons (Fsp3) is 0.533. The molecule has 0 aliphatic rings. The van der Waals surface area contributed by atoms with Gasteiger partial charge in [0.2, 0.25) is 0 Å². The first-order valence-electron chi connectivity index (χ1n) is 6.47. The zero-order valence-corrected chi connectivity index (χ0v) is 12.3. The number of carbonyl (C=O) groups is 1. The zero-order chi connectivity index (χ0) is 14.4. The lowest BCUT2D eigenvalue weighted by Gasteiger charge is -2.16. The number of hydrogen-bond donors (Lipinski definition) is 0. The van der Waals surface area contributed by atoms with Gasteiger partial charge in [-0.2, -0.15) is 0 Å². The molecule has 0 amide bonds. The summed E-state index contributed by atoms with van der Waals surface area (Å²) in [4.78, 5) is 12.5. The molecule has 0 saturated heterocycles. The summed E-state index contributed by atoms with van der Waals surface area (Å²) in [5.74, 6) is 1.71. The third kappa shape index (κ3) is 3.19. The second kappa shape index (κ2) is 7.02. The lowest BCUT2D eigenvalue weighted by Crippen LogP contribution is -2.14. The van der Waals surface area contributed by atoms with Crippen LogP contribution in [0.25, 0.3) is 0 Å². The van der Waals surface area contributed by atoms with Gasteiger partial charge in [-0.25, -0.2) is 0 Å². The molecule has 0 aromatic heterocycles. The highest BCUT2D eigenvalue weighted by Crippen LogP contribution is 2.36. The van der Waals surface area contributed by atoms with Gasteiger partial charge in [0.1, 0.15) is 5.75 Å². The number of hydrogen-bond acceptors (Lipinski definition) is 4. The lowest BCUT2D eigenvalue weighted by molar-refractivity contribution is 0.0910. The Morgan fingerprint density at radius 1 is 0.947 bits per heavy atom. The predicted molar refractivity (Wildman–Crippen MR) is 74.5 cm³/mol. The fourth-order valence-corrected chi connectivity index (χ4v) is 2.10. The number of rotatable bonds is 7. The van der Waals surface area contributed by atoms with Crippen molar-refractivity contribution in [2.24, 2.45) is 5.92 Å². The van der Waals surface area contributed by atoms with Gasteiger partial charge in [0.05, 0.1) is 26.9 Å². The molecular weight excluding hydrogens is 244 g/mol. The van der Waals surface area contributed by atoms with Crippen LogP contribution >= 0.6 is 0 Å². The number of ether oxygens (including phenoxy) is 3. The van der Waals surface area contributed by atoms with Crippen molar-refractivity contribution in [2.45, 2.75) is 26.7 Å². The smallest absolute Gasteiger partial charge is 0.169 e. The largest absolute Gasteiger partial charge is 0.496 e. The molecule has 0 saturated carbocycles. The Kier molecular flexibility index (Phi) is 5.67. The van der Waals surface area contributed by atoms with E-state index >= 15 is 0 Å². The van der Waals surface area contributed by atoms with Gasteiger partial charge in [0, 0.05) is 12.0 Å². The highest BCUT2D eigenvalue weighted by molar-refractivity contribution is 6.01. The van der Waals surface area contributed by atoms with Crippen LogP contribution in [0.15, 0.2) is 12.1 Å². The van der Waals surface area contributed by atoms with E-state index in [1.807, 2.05) is 13.8 Å². The topological polar surface area (TPSA) is 44.8 Å². The van der Waals surface area contributed by atoms with E-state index in [2.05, 4.69) is 0 Å². The van der Waals surface area contributed by atoms with Crippen LogP contribution in [0.3, 0.4) is 0 Å². The van der Waals surface area contributed by atoms with E-state index < -0.39 is 0 Å². The molecule has 0 fully saturated rings. The third-order valence-electron chi connectivity index (χ3n) is 3.33. The number of benzene rings is 1. The maximum absolute atomic E-state index is 12.5. The monoisotopic (exact) mass is 266 g/mol. The van der Waals surface area contributed by atoms with E-state index in [0.717, 1.165) is 12.8 Å². The van der Waals surface area contributed by atoms with E-state index in [4.69, 9.17) is 14.2 Å². The van der Waals surface area contributed by atoms with Crippen LogP contribution in [0.2, 0.25) is 0 Å². The Labute approximate surface area is 114 Å². The van der Waals surface area contributed by atoms with Gasteiger partial charge in [0.25, 0.3) is 0 Å². The van der Waals surface area contributed by atoms with E-state index in [1.54, 1.807) is 33.5 Å². The van der Waals surface area contributed by atoms with Gasteiger partial charge >= 0.3 is 0 Å². The molecule has 106 valence electrons. The molecule has 0 aliphatic carbocycles. The second-order valence-corrected chi connectivity index (χ2v) is 4.29. The molecule has 4 nitrogen and oxygen atoms in total. The standard InChI is InChI=1S/C15H22O4/c1-6-10(7-2)15(16)11-8-13(18-4)14(19-5)9-12(11)17-3/h8-10H,6-7H2,1-5H3. The first kappa shape index (κ1) is 15.3. The second-order valence-electron chi connectivity index (χ2n) is 4.29. The van der Waals surface area contributed by atoms with Gasteiger partial charge in [-0.3, -0.25) is 4.79 Å². The lowest BCUT2D eigenvalue weighted by atomic mass is 9.92. The van der Waals surface area contributed by atoms with Crippen LogP contribution in [-0.2, 0) is 0 Å². The normalized spacial score (nSPS) is 10.4. The summed E-state index contributed by atoms with van der Waals surface area (Å²) in [7, 11) is 4.65. The van der Waals surface area contributed by atoms with Gasteiger partial charge in [-0.1, -0.05) is 13.8 Å².